The number of nitrogens with one attached hydrogen (secondary N) is 2. The summed E-state index contributed by atoms with van der Waals surface area (Å²) in [6.07, 6.45) is 0.0690. The van der Waals surface area contributed by atoms with Gasteiger partial charge < -0.3 is 31.2 Å². The lowest BCUT2D eigenvalue weighted by Crippen LogP contribution is -2.54. The fraction of sp³-hybridized carbons (Fsp3) is 0.421. The van der Waals surface area contributed by atoms with Crippen LogP contribution in [-0.4, -0.2) is 64.7 Å². The van der Waals surface area contributed by atoms with Gasteiger partial charge in [0.2, 0.25) is 11.8 Å². The SMILES string of the molecule is CC(NC(=O)c1c(F)c(F)c(N)c(F)c1F)C(=O)N1CCCC1C(=O)NC(C=O)CC(=O)O. The number of carboxylic acids is 1. The van der Waals surface area contributed by atoms with Gasteiger partial charge in [0.1, 0.15) is 29.6 Å². The highest BCUT2D eigenvalue weighted by molar-refractivity contribution is 5.99. The molecule has 1 saturated heterocycles. The molecule has 1 aliphatic rings. The van der Waals surface area contributed by atoms with Crippen LogP contribution >= 0.6 is 0 Å². The number of hydrogen-bond donors (Lipinski definition) is 4. The van der Waals surface area contributed by atoms with Crippen LogP contribution in [0.4, 0.5) is 23.2 Å². The van der Waals surface area contributed by atoms with Crippen molar-refractivity contribution in [2.24, 2.45) is 0 Å². The van der Waals surface area contributed by atoms with Gasteiger partial charge in [-0.15, -0.1) is 0 Å². The van der Waals surface area contributed by atoms with Gasteiger partial charge in [-0.3, -0.25) is 19.2 Å². The van der Waals surface area contributed by atoms with Crippen LogP contribution in [0.1, 0.15) is 36.5 Å². The summed E-state index contributed by atoms with van der Waals surface area (Å²) in [6.45, 7) is 1.17. The van der Waals surface area contributed by atoms with Gasteiger partial charge in [-0.2, -0.15) is 0 Å². The molecule has 0 saturated carbocycles. The van der Waals surface area contributed by atoms with E-state index in [0.717, 1.165) is 11.8 Å². The van der Waals surface area contributed by atoms with E-state index in [2.05, 4.69) is 5.32 Å². The molecule has 180 valence electrons. The zero-order chi connectivity index (χ0) is 25.0. The van der Waals surface area contributed by atoms with E-state index < -0.39 is 82.8 Å². The highest BCUT2D eigenvalue weighted by atomic mass is 19.2. The number of carbonyl (C=O) groups excluding carboxylic acids is 4. The highest BCUT2D eigenvalue weighted by Gasteiger charge is 2.38. The van der Waals surface area contributed by atoms with Crippen molar-refractivity contribution in [2.75, 3.05) is 12.3 Å². The van der Waals surface area contributed by atoms with E-state index in [4.69, 9.17) is 10.8 Å². The molecule has 0 radical (unpaired) electrons. The topological polar surface area (TPSA) is 159 Å². The minimum Gasteiger partial charge on any atom is -0.481 e. The minimum atomic E-state index is -2.04. The molecule has 0 aromatic heterocycles. The van der Waals surface area contributed by atoms with Crippen LogP contribution in [0.15, 0.2) is 0 Å². The molecule has 0 bridgehead atoms. The zero-order valence-corrected chi connectivity index (χ0v) is 17.2. The first-order valence-electron chi connectivity index (χ1n) is 9.60. The number of anilines is 1. The number of aldehydes is 1. The van der Waals surface area contributed by atoms with Gasteiger partial charge in [-0.05, 0) is 19.8 Å². The number of halogens is 4. The molecule has 2 rings (SSSR count). The first-order valence-corrected chi connectivity index (χ1v) is 9.60. The third kappa shape index (κ3) is 5.38. The van der Waals surface area contributed by atoms with Gasteiger partial charge in [0, 0.05) is 6.54 Å². The second-order valence-electron chi connectivity index (χ2n) is 7.28. The average molecular weight is 476 g/mol. The summed E-state index contributed by atoms with van der Waals surface area (Å²) in [7, 11) is 0. The molecule has 3 unspecified atom stereocenters. The number of likely N-dealkylation sites (tertiary alicyclic amines) is 1. The zero-order valence-electron chi connectivity index (χ0n) is 17.2. The molecule has 10 nitrogen and oxygen atoms in total. The fourth-order valence-corrected chi connectivity index (χ4v) is 3.33. The van der Waals surface area contributed by atoms with E-state index >= 15 is 0 Å². The summed E-state index contributed by atoms with van der Waals surface area (Å²) in [5.74, 6) is -12.7. The molecule has 0 spiro atoms. The number of nitrogen functional groups attached to an aromatic ring is 1. The number of benzene rings is 1. The van der Waals surface area contributed by atoms with Crippen molar-refractivity contribution in [3.63, 3.8) is 0 Å². The summed E-state index contributed by atoms with van der Waals surface area (Å²) in [6, 6.07) is -3.91. The Morgan fingerprint density at radius 3 is 2.21 bits per heavy atom. The largest absolute Gasteiger partial charge is 0.481 e. The molecular weight excluding hydrogens is 456 g/mol. The van der Waals surface area contributed by atoms with Crippen LogP contribution in [0.25, 0.3) is 0 Å². The normalized spacial score (nSPS) is 17.2. The Bertz CT molecular complexity index is 976. The van der Waals surface area contributed by atoms with E-state index in [0.29, 0.717) is 6.42 Å². The van der Waals surface area contributed by atoms with Crippen molar-refractivity contribution in [2.45, 2.75) is 44.3 Å². The predicted molar refractivity (Wildman–Crippen MR) is 103 cm³/mol. The Hall–Kier alpha value is -3.71. The van der Waals surface area contributed by atoms with Crippen molar-refractivity contribution >= 4 is 35.7 Å². The number of hydrogen-bond acceptors (Lipinski definition) is 6. The molecule has 1 aromatic carbocycles. The lowest BCUT2D eigenvalue weighted by molar-refractivity contribution is -0.141. The Labute approximate surface area is 184 Å². The van der Waals surface area contributed by atoms with E-state index in [-0.39, 0.29) is 19.3 Å². The van der Waals surface area contributed by atoms with Gasteiger partial charge in [-0.1, -0.05) is 0 Å². The lowest BCUT2D eigenvalue weighted by atomic mass is 10.1. The monoisotopic (exact) mass is 476 g/mol. The summed E-state index contributed by atoms with van der Waals surface area (Å²) in [5, 5.41) is 12.9. The molecule has 3 atom stereocenters. The van der Waals surface area contributed by atoms with Gasteiger partial charge in [-0.25, -0.2) is 17.6 Å². The van der Waals surface area contributed by atoms with E-state index in [1.807, 2.05) is 5.32 Å². The molecule has 1 aliphatic heterocycles. The van der Waals surface area contributed by atoms with Crippen molar-refractivity contribution < 1.29 is 46.6 Å². The van der Waals surface area contributed by atoms with E-state index in [9.17, 15) is 41.5 Å². The molecule has 1 heterocycles. The number of amides is 3. The molecule has 5 N–H and O–H groups in total. The number of nitrogens with two attached hydrogens (primary N) is 1. The Balaban J connectivity index is 2.14. The van der Waals surface area contributed by atoms with E-state index in [1.54, 1.807) is 0 Å². The van der Waals surface area contributed by atoms with Crippen LogP contribution in [0, 0.1) is 23.3 Å². The Morgan fingerprint density at radius 2 is 1.70 bits per heavy atom. The number of carbonyl (C=O) groups is 5. The number of carboxylic acid groups (broad SMARTS) is 1. The molecular formula is C19H20F4N4O6. The predicted octanol–water partition coefficient (Wildman–Crippen LogP) is 0.0929. The van der Waals surface area contributed by atoms with Crippen molar-refractivity contribution in [3.05, 3.63) is 28.8 Å². The van der Waals surface area contributed by atoms with Gasteiger partial charge in [0.25, 0.3) is 5.91 Å². The second kappa shape index (κ2) is 10.3. The van der Waals surface area contributed by atoms with Crippen molar-refractivity contribution in [1.29, 1.82) is 0 Å². The molecule has 3 amide bonds. The lowest BCUT2D eigenvalue weighted by Gasteiger charge is -2.28. The Kier molecular flexibility index (Phi) is 7.95. The molecule has 1 fully saturated rings. The second-order valence-corrected chi connectivity index (χ2v) is 7.28. The van der Waals surface area contributed by atoms with Crippen molar-refractivity contribution in [1.82, 2.24) is 15.5 Å². The molecule has 0 aliphatic carbocycles. The van der Waals surface area contributed by atoms with Crippen LogP contribution in [0.5, 0.6) is 0 Å². The van der Waals surface area contributed by atoms with Gasteiger partial charge in [0.05, 0.1) is 12.5 Å². The smallest absolute Gasteiger partial charge is 0.305 e. The number of nitrogens with zero attached hydrogens (tertiary/aromatic N) is 1. The maximum absolute atomic E-state index is 14.0. The van der Waals surface area contributed by atoms with Gasteiger partial charge >= 0.3 is 5.97 Å². The summed E-state index contributed by atoms with van der Waals surface area (Å²) in [5.41, 5.74) is 1.82. The van der Waals surface area contributed by atoms with Crippen LogP contribution < -0.4 is 16.4 Å². The quantitative estimate of drug-likeness (QED) is 0.179. The number of aliphatic carboxylic acids is 1. The van der Waals surface area contributed by atoms with Crippen molar-refractivity contribution in [3.8, 4) is 0 Å². The summed E-state index contributed by atoms with van der Waals surface area (Å²) < 4.78 is 55.2. The maximum Gasteiger partial charge on any atom is 0.305 e. The minimum absolute atomic E-state index is 0.0513. The first kappa shape index (κ1) is 25.5. The summed E-state index contributed by atoms with van der Waals surface area (Å²) >= 11 is 0. The van der Waals surface area contributed by atoms with Gasteiger partial charge in [0.15, 0.2) is 23.3 Å². The molecule has 14 heteroatoms. The average Bonchev–Trinajstić information content (AvgIpc) is 3.25. The Morgan fingerprint density at radius 1 is 1.12 bits per heavy atom. The highest BCUT2D eigenvalue weighted by Crippen LogP contribution is 2.26. The fourth-order valence-electron chi connectivity index (χ4n) is 3.33. The number of rotatable bonds is 8. The van der Waals surface area contributed by atoms with Crippen LogP contribution in [-0.2, 0) is 19.2 Å². The first-order chi connectivity index (χ1) is 15.4. The maximum atomic E-state index is 14.0. The molecule has 1 aromatic rings. The standard InChI is InChI=1S/C19H20F4N4O6/c1-7(25-18(32)11-12(20)14(22)16(24)15(23)13(11)21)19(33)27-4-2-3-9(27)17(31)26-8(6-28)5-10(29)30/h6-9H,2-5,24H2,1H3,(H,25,32)(H,26,31)(H,29,30). The third-order valence-electron chi connectivity index (χ3n) is 4.97. The summed E-state index contributed by atoms with van der Waals surface area (Å²) in [4.78, 5) is 60.1. The van der Waals surface area contributed by atoms with Crippen LogP contribution in [0.3, 0.4) is 0 Å². The van der Waals surface area contributed by atoms with Crippen LogP contribution in [0.2, 0.25) is 0 Å². The van der Waals surface area contributed by atoms with E-state index in [1.165, 1.54) is 0 Å². The third-order valence-corrected chi connectivity index (χ3v) is 4.97. The molecule has 33 heavy (non-hydrogen) atoms.